The molecule has 1 saturated heterocycles. The Labute approximate surface area is 156 Å². The van der Waals surface area contributed by atoms with E-state index >= 15 is 0 Å². The number of likely N-dealkylation sites (tertiary alicyclic amines) is 1. The summed E-state index contributed by atoms with van der Waals surface area (Å²) in [6.45, 7) is 1.28. The lowest BCUT2D eigenvalue weighted by Gasteiger charge is -2.33. The van der Waals surface area contributed by atoms with Gasteiger partial charge >= 0.3 is 0 Å². The first-order valence-corrected chi connectivity index (χ1v) is 9.96. The summed E-state index contributed by atoms with van der Waals surface area (Å²) in [4.78, 5) is 20.5. The van der Waals surface area contributed by atoms with Crippen LogP contribution < -0.4 is 5.32 Å². The summed E-state index contributed by atoms with van der Waals surface area (Å²) in [6.07, 6.45) is 9.91. The van der Waals surface area contributed by atoms with Crippen LogP contribution >= 0.6 is 0 Å². The molecule has 2 atom stereocenters. The van der Waals surface area contributed by atoms with Crippen LogP contribution in [0.15, 0.2) is 35.5 Å². The Morgan fingerprint density at radius 3 is 2.73 bits per heavy atom. The van der Waals surface area contributed by atoms with E-state index in [-0.39, 0.29) is 18.0 Å². The minimum absolute atomic E-state index is 0.0534. The number of amides is 1. The highest BCUT2D eigenvalue weighted by molar-refractivity contribution is 5.86. The first-order valence-electron chi connectivity index (χ1n) is 9.96. The van der Waals surface area contributed by atoms with Gasteiger partial charge in [0, 0.05) is 6.54 Å². The summed E-state index contributed by atoms with van der Waals surface area (Å²) in [5.41, 5.74) is 1.09. The van der Waals surface area contributed by atoms with E-state index in [2.05, 4.69) is 10.5 Å². The van der Waals surface area contributed by atoms with Crippen molar-refractivity contribution < 1.29 is 9.63 Å². The lowest BCUT2D eigenvalue weighted by molar-refractivity contribution is -0.134. The molecule has 1 N–H and O–H groups in total. The van der Waals surface area contributed by atoms with Gasteiger partial charge in [-0.1, -0.05) is 54.8 Å². The molecule has 0 aromatic heterocycles. The number of hydrogen-bond donors (Lipinski definition) is 1. The Morgan fingerprint density at radius 2 is 2.00 bits per heavy atom. The van der Waals surface area contributed by atoms with Gasteiger partial charge in [-0.25, -0.2) is 0 Å². The van der Waals surface area contributed by atoms with Crippen LogP contribution in [0.3, 0.4) is 0 Å². The normalized spacial score (nSPS) is 22.7. The van der Waals surface area contributed by atoms with Gasteiger partial charge in [0.15, 0.2) is 0 Å². The van der Waals surface area contributed by atoms with Gasteiger partial charge in [0.1, 0.15) is 6.61 Å². The Morgan fingerprint density at radius 1 is 1.23 bits per heavy atom. The summed E-state index contributed by atoms with van der Waals surface area (Å²) < 4.78 is 0. The van der Waals surface area contributed by atoms with Crippen molar-refractivity contribution in [3.8, 4) is 0 Å². The second-order valence-corrected chi connectivity index (χ2v) is 7.42. The van der Waals surface area contributed by atoms with E-state index < -0.39 is 0 Å². The van der Waals surface area contributed by atoms with E-state index in [1.807, 2.05) is 42.3 Å². The Hall–Kier alpha value is -1.88. The van der Waals surface area contributed by atoms with Gasteiger partial charge in [0.25, 0.3) is 0 Å². The minimum atomic E-state index is -0.0606. The highest BCUT2D eigenvalue weighted by Crippen LogP contribution is 2.28. The number of oxime groups is 1. The van der Waals surface area contributed by atoms with E-state index in [0.29, 0.717) is 12.5 Å². The number of benzene rings is 1. The maximum atomic E-state index is 13.1. The fraction of sp³-hybridized carbons (Fsp3) is 0.619. The number of nitrogens with zero attached hydrogens (tertiary/aromatic N) is 2. The molecule has 142 valence electrons. The first-order chi connectivity index (χ1) is 12.8. The summed E-state index contributed by atoms with van der Waals surface area (Å²) >= 11 is 0. The van der Waals surface area contributed by atoms with Crippen molar-refractivity contribution in [2.45, 2.75) is 63.6 Å². The van der Waals surface area contributed by atoms with E-state index in [4.69, 9.17) is 4.84 Å². The third-order valence-corrected chi connectivity index (χ3v) is 5.66. The number of rotatable bonds is 7. The predicted molar refractivity (Wildman–Crippen MR) is 104 cm³/mol. The maximum Gasteiger partial charge on any atom is 0.240 e. The topological polar surface area (TPSA) is 53.9 Å². The van der Waals surface area contributed by atoms with Gasteiger partial charge in [-0.3, -0.25) is 4.79 Å². The predicted octanol–water partition coefficient (Wildman–Crippen LogP) is 3.35. The van der Waals surface area contributed by atoms with Crippen molar-refractivity contribution in [3.63, 3.8) is 0 Å². The SMILES string of the molecule is CN[C@H](C(=O)N1CCCC1/C=N\OCc1ccccc1)C1CCCCC1. The van der Waals surface area contributed by atoms with E-state index in [1.54, 1.807) is 6.21 Å². The second-order valence-electron chi connectivity index (χ2n) is 7.42. The third kappa shape index (κ3) is 4.85. The van der Waals surface area contributed by atoms with Crippen molar-refractivity contribution in [1.29, 1.82) is 0 Å². The monoisotopic (exact) mass is 357 g/mol. The molecular formula is C21H31N3O2. The Kier molecular flexibility index (Phi) is 7.06. The second kappa shape index (κ2) is 9.72. The Bertz CT molecular complexity index is 584. The van der Waals surface area contributed by atoms with E-state index in [9.17, 15) is 4.79 Å². The van der Waals surface area contributed by atoms with E-state index in [0.717, 1.165) is 37.8 Å². The summed E-state index contributed by atoms with van der Waals surface area (Å²) in [5, 5.41) is 7.43. The van der Waals surface area contributed by atoms with Crippen LogP contribution in [0.4, 0.5) is 0 Å². The molecular weight excluding hydrogens is 326 g/mol. The van der Waals surface area contributed by atoms with Crippen molar-refractivity contribution in [3.05, 3.63) is 35.9 Å². The van der Waals surface area contributed by atoms with Gasteiger partial charge in [-0.05, 0) is 44.2 Å². The number of nitrogens with one attached hydrogen (secondary N) is 1. The molecule has 1 aromatic carbocycles. The van der Waals surface area contributed by atoms with Gasteiger partial charge < -0.3 is 15.1 Å². The van der Waals surface area contributed by atoms with E-state index in [1.165, 1.54) is 19.3 Å². The van der Waals surface area contributed by atoms with Gasteiger partial charge in [0.05, 0.1) is 18.3 Å². The molecule has 0 bridgehead atoms. The van der Waals surface area contributed by atoms with Crippen LogP contribution in [0.5, 0.6) is 0 Å². The average Bonchev–Trinajstić information content (AvgIpc) is 3.16. The highest BCUT2D eigenvalue weighted by atomic mass is 16.6. The third-order valence-electron chi connectivity index (χ3n) is 5.66. The number of likely N-dealkylation sites (N-methyl/N-ethyl adjacent to an activating group) is 1. The smallest absolute Gasteiger partial charge is 0.240 e. The van der Waals surface area contributed by atoms with Crippen LogP contribution in [-0.2, 0) is 16.2 Å². The summed E-state index contributed by atoms with van der Waals surface area (Å²) in [6, 6.07) is 9.99. The molecule has 1 aliphatic carbocycles. The largest absolute Gasteiger partial charge is 0.391 e. The molecule has 1 aromatic rings. The van der Waals surface area contributed by atoms with Crippen molar-refractivity contribution >= 4 is 12.1 Å². The van der Waals surface area contributed by atoms with Crippen LogP contribution in [0, 0.1) is 5.92 Å². The average molecular weight is 357 g/mol. The van der Waals surface area contributed by atoms with Crippen LogP contribution in [-0.4, -0.2) is 42.7 Å². The molecule has 2 aliphatic rings. The molecule has 5 heteroatoms. The molecule has 1 amide bonds. The zero-order chi connectivity index (χ0) is 18.2. The molecule has 1 saturated carbocycles. The molecule has 26 heavy (non-hydrogen) atoms. The van der Waals surface area contributed by atoms with Crippen LogP contribution in [0.1, 0.15) is 50.5 Å². The fourth-order valence-corrected chi connectivity index (χ4v) is 4.23. The minimum Gasteiger partial charge on any atom is -0.391 e. The zero-order valence-corrected chi connectivity index (χ0v) is 15.8. The summed E-state index contributed by atoms with van der Waals surface area (Å²) in [7, 11) is 1.92. The molecule has 1 unspecified atom stereocenters. The fourth-order valence-electron chi connectivity index (χ4n) is 4.23. The molecule has 1 aliphatic heterocycles. The lowest BCUT2D eigenvalue weighted by Crippen LogP contribution is -2.51. The molecule has 1 heterocycles. The van der Waals surface area contributed by atoms with Gasteiger partial charge in [0.2, 0.25) is 5.91 Å². The van der Waals surface area contributed by atoms with Gasteiger partial charge in [-0.15, -0.1) is 0 Å². The highest BCUT2D eigenvalue weighted by Gasteiger charge is 2.36. The van der Waals surface area contributed by atoms with Crippen molar-refractivity contribution in [2.75, 3.05) is 13.6 Å². The van der Waals surface area contributed by atoms with Crippen molar-refractivity contribution in [2.24, 2.45) is 11.1 Å². The van der Waals surface area contributed by atoms with Crippen LogP contribution in [0.25, 0.3) is 0 Å². The molecule has 5 nitrogen and oxygen atoms in total. The lowest BCUT2D eigenvalue weighted by atomic mass is 9.83. The zero-order valence-electron chi connectivity index (χ0n) is 15.8. The number of carbonyl (C=O) groups excluding carboxylic acids is 1. The van der Waals surface area contributed by atoms with Crippen molar-refractivity contribution in [1.82, 2.24) is 10.2 Å². The maximum absolute atomic E-state index is 13.1. The molecule has 0 radical (unpaired) electrons. The first kappa shape index (κ1) is 18.9. The standard InChI is InChI=1S/C21H31N3O2/c1-22-20(18-11-6-3-7-12-18)21(25)24-14-8-13-19(24)15-23-26-16-17-9-4-2-5-10-17/h2,4-5,9-10,15,18-20,22H,3,6-8,11-14,16H2,1H3/b23-15-/t19?,20-/m0/s1. The molecule has 2 fully saturated rings. The Balaban J connectivity index is 1.54. The molecule has 3 rings (SSSR count). The van der Waals surface area contributed by atoms with Crippen LogP contribution in [0.2, 0.25) is 0 Å². The molecule has 0 spiro atoms. The quantitative estimate of drug-likeness (QED) is 0.601. The number of carbonyl (C=O) groups is 1. The summed E-state index contributed by atoms with van der Waals surface area (Å²) in [5.74, 6) is 0.699. The number of hydrogen-bond acceptors (Lipinski definition) is 4. The van der Waals surface area contributed by atoms with Gasteiger partial charge in [-0.2, -0.15) is 0 Å².